The van der Waals surface area contributed by atoms with E-state index in [-0.39, 0.29) is 11.8 Å². The zero-order chi connectivity index (χ0) is 27.6. The van der Waals surface area contributed by atoms with Gasteiger partial charge >= 0.3 is 0 Å². The van der Waals surface area contributed by atoms with Crippen LogP contribution >= 0.6 is 0 Å². The van der Waals surface area contributed by atoms with Crippen molar-refractivity contribution in [2.24, 2.45) is 5.92 Å². The van der Waals surface area contributed by atoms with Crippen LogP contribution in [0.5, 0.6) is 0 Å². The molecule has 6 rings (SSSR count). The summed E-state index contributed by atoms with van der Waals surface area (Å²) < 4.78 is 0. The number of rotatable bonds is 7. The van der Waals surface area contributed by atoms with E-state index < -0.39 is 0 Å². The first-order valence-corrected chi connectivity index (χ1v) is 15.4. The van der Waals surface area contributed by atoms with E-state index in [2.05, 4.69) is 46.7 Å². The van der Waals surface area contributed by atoms with Gasteiger partial charge < -0.3 is 19.6 Å². The van der Waals surface area contributed by atoms with E-state index in [1.807, 2.05) is 34.1 Å². The minimum Gasteiger partial charge on any atom is -0.368 e. The number of hydrogen-bond donors (Lipinski definition) is 0. The molecule has 0 aromatic heterocycles. The predicted octanol–water partition coefficient (Wildman–Crippen LogP) is 4.18. The average molecular weight is 544 g/mol. The van der Waals surface area contributed by atoms with Gasteiger partial charge in [-0.25, -0.2) is 0 Å². The molecule has 4 fully saturated rings. The molecule has 0 spiro atoms. The molecule has 4 heterocycles. The highest BCUT2D eigenvalue weighted by atomic mass is 16.2. The molecule has 2 atom stereocenters. The minimum absolute atomic E-state index is 0.0792. The molecule has 0 radical (unpaired) electrons. The lowest BCUT2D eigenvalue weighted by molar-refractivity contribution is -0.117. The van der Waals surface area contributed by atoms with Crippen molar-refractivity contribution < 1.29 is 9.59 Å². The molecule has 4 saturated heterocycles. The van der Waals surface area contributed by atoms with E-state index in [9.17, 15) is 9.59 Å². The lowest BCUT2D eigenvalue weighted by Gasteiger charge is -2.37. The third kappa shape index (κ3) is 5.91. The fraction of sp³-hybridized carbons (Fsp3) is 0.576. The van der Waals surface area contributed by atoms with E-state index in [4.69, 9.17) is 0 Å². The molecule has 0 N–H and O–H groups in total. The summed E-state index contributed by atoms with van der Waals surface area (Å²) in [5.74, 6) is 0.666. The first-order valence-electron chi connectivity index (χ1n) is 15.4. The molecule has 2 aromatic carbocycles. The van der Waals surface area contributed by atoms with Crippen LogP contribution in [0.3, 0.4) is 0 Å². The monoisotopic (exact) mass is 543 g/mol. The van der Waals surface area contributed by atoms with E-state index in [0.717, 1.165) is 45.0 Å². The second-order valence-corrected chi connectivity index (χ2v) is 12.5. The number of hydrogen-bond acceptors (Lipinski definition) is 5. The molecule has 1 unspecified atom stereocenters. The maximum Gasteiger partial charge on any atom is 0.253 e. The largest absolute Gasteiger partial charge is 0.368 e. The van der Waals surface area contributed by atoms with Crippen LogP contribution in [0.4, 0.5) is 11.4 Å². The van der Waals surface area contributed by atoms with Crippen molar-refractivity contribution >= 4 is 23.2 Å². The SMILES string of the molecule is Cc1ccc(N2CCN(C(=O)c3ccc(N4CC(CN5CCC[C@H]5CN5CCCC5)CC4=O)cc3)CC2)c(C)c1. The Labute approximate surface area is 239 Å². The summed E-state index contributed by atoms with van der Waals surface area (Å²) in [6.07, 6.45) is 5.87. The maximum atomic E-state index is 13.3. The Morgan fingerprint density at radius 1 is 0.850 bits per heavy atom. The topological polar surface area (TPSA) is 50.3 Å². The van der Waals surface area contributed by atoms with Crippen LogP contribution in [0.2, 0.25) is 0 Å². The number of piperazine rings is 1. The van der Waals surface area contributed by atoms with Crippen molar-refractivity contribution in [2.45, 2.75) is 52.0 Å². The standard InChI is InChI=1S/C33H45N5O2/c1-25-7-12-31(26(2)20-25)35-16-18-36(19-17-35)33(40)28-8-10-29(11-9-28)38-23-27(21-32(38)39)22-37-15-5-6-30(37)24-34-13-3-4-14-34/h7-12,20,27,30H,3-6,13-19,21-24H2,1-2H3/t27?,30-/m0/s1. The van der Waals surface area contributed by atoms with E-state index >= 15 is 0 Å². The van der Waals surface area contributed by atoms with Crippen molar-refractivity contribution in [2.75, 3.05) is 75.2 Å². The zero-order valence-electron chi connectivity index (χ0n) is 24.4. The number of likely N-dealkylation sites (tertiary alicyclic amines) is 2. The summed E-state index contributed by atoms with van der Waals surface area (Å²) in [6, 6.07) is 15.0. The van der Waals surface area contributed by atoms with Crippen LogP contribution in [-0.2, 0) is 4.79 Å². The minimum atomic E-state index is 0.0792. The third-order valence-electron chi connectivity index (χ3n) is 9.55. The van der Waals surface area contributed by atoms with Crippen molar-refractivity contribution in [3.63, 3.8) is 0 Å². The fourth-order valence-electron chi connectivity index (χ4n) is 7.37. The molecule has 0 aliphatic carbocycles. The van der Waals surface area contributed by atoms with Gasteiger partial charge in [-0.15, -0.1) is 0 Å². The predicted molar refractivity (Wildman–Crippen MR) is 161 cm³/mol. The van der Waals surface area contributed by atoms with Crippen LogP contribution in [0.1, 0.15) is 53.6 Å². The maximum absolute atomic E-state index is 13.3. The number of aryl methyl sites for hydroxylation is 2. The molecule has 40 heavy (non-hydrogen) atoms. The smallest absolute Gasteiger partial charge is 0.253 e. The number of anilines is 2. The lowest BCUT2D eigenvalue weighted by Crippen LogP contribution is -2.49. The number of carbonyl (C=O) groups is 2. The summed E-state index contributed by atoms with van der Waals surface area (Å²) in [5.41, 5.74) is 5.45. The van der Waals surface area contributed by atoms with Gasteiger partial charge in [0, 0.05) is 75.2 Å². The lowest BCUT2D eigenvalue weighted by atomic mass is 10.1. The van der Waals surface area contributed by atoms with Gasteiger partial charge in [0.1, 0.15) is 0 Å². The summed E-state index contributed by atoms with van der Waals surface area (Å²) >= 11 is 0. The van der Waals surface area contributed by atoms with Crippen LogP contribution < -0.4 is 9.80 Å². The van der Waals surface area contributed by atoms with Gasteiger partial charge in [0.25, 0.3) is 5.91 Å². The molecule has 2 amide bonds. The van der Waals surface area contributed by atoms with Gasteiger partial charge in [0.2, 0.25) is 5.91 Å². The Hall–Kier alpha value is -2.90. The Morgan fingerprint density at radius 2 is 1.60 bits per heavy atom. The zero-order valence-corrected chi connectivity index (χ0v) is 24.4. The molecule has 0 bridgehead atoms. The van der Waals surface area contributed by atoms with E-state index in [1.165, 1.54) is 68.7 Å². The molecule has 2 aromatic rings. The number of nitrogens with zero attached hydrogens (tertiary/aromatic N) is 5. The van der Waals surface area contributed by atoms with Gasteiger partial charge in [-0.2, -0.15) is 0 Å². The van der Waals surface area contributed by atoms with Crippen LogP contribution in [0.25, 0.3) is 0 Å². The normalized spacial score (nSPS) is 24.4. The van der Waals surface area contributed by atoms with E-state index in [0.29, 0.717) is 23.9 Å². The van der Waals surface area contributed by atoms with Crippen molar-refractivity contribution in [1.29, 1.82) is 0 Å². The van der Waals surface area contributed by atoms with Gasteiger partial charge in [-0.05, 0) is 101 Å². The average Bonchev–Trinajstić information content (AvgIpc) is 3.72. The molecule has 214 valence electrons. The second-order valence-electron chi connectivity index (χ2n) is 12.5. The second kappa shape index (κ2) is 11.9. The highest BCUT2D eigenvalue weighted by Gasteiger charge is 2.35. The number of benzene rings is 2. The summed E-state index contributed by atoms with van der Waals surface area (Å²) in [5, 5.41) is 0. The Kier molecular flexibility index (Phi) is 8.12. The van der Waals surface area contributed by atoms with Crippen molar-refractivity contribution in [3.05, 3.63) is 59.2 Å². The quantitative estimate of drug-likeness (QED) is 0.525. The Morgan fingerprint density at radius 3 is 2.33 bits per heavy atom. The van der Waals surface area contributed by atoms with Crippen LogP contribution in [0, 0.1) is 19.8 Å². The first kappa shape index (κ1) is 27.3. The molecule has 7 nitrogen and oxygen atoms in total. The summed E-state index contributed by atoms with van der Waals surface area (Å²) in [7, 11) is 0. The van der Waals surface area contributed by atoms with Crippen LogP contribution in [0.15, 0.2) is 42.5 Å². The number of carbonyl (C=O) groups excluding carboxylic acids is 2. The number of amides is 2. The molecular formula is C33H45N5O2. The summed E-state index contributed by atoms with van der Waals surface area (Å²) in [4.78, 5) is 37.8. The van der Waals surface area contributed by atoms with Crippen LogP contribution in [-0.4, -0.2) is 98.0 Å². The molecule has 7 heteroatoms. The van der Waals surface area contributed by atoms with Gasteiger partial charge in [0.05, 0.1) is 0 Å². The highest BCUT2D eigenvalue weighted by Crippen LogP contribution is 2.29. The van der Waals surface area contributed by atoms with Gasteiger partial charge in [-0.3, -0.25) is 14.5 Å². The molecule has 4 aliphatic rings. The highest BCUT2D eigenvalue weighted by molar-refractivity contribution is 5.98. The van der Waals surface area contributed by atoms with Crippen molar-refractivity contribution in [1.82, 2.24) is 14.7 Å². The molecule has 0 saturated carbocycles. The Balaban J connectivity index is 1.02. The van der Waals surface area contributed by atoms with Crippen molar-refractivity contribution in [3.8, 4) is 0 Å². The molecule has 4 aliphatic heterocycles. The van der Waals surface area contributed by atoms with Gasteiger partial charge in [-0.1, -0.05) is 17.7 Å². The first-order chi connectivity index (χ1) is 19.4. The Bertz CT molecular complexity index is 1200. The van der Waals surface area contributed by atoms with E-state index in [1.54, 1.807) is 0 Å². The summed E-state index contributed by atoms with van der Waals surface area (Å²) in [6.45, 7) is 14.1. The van der Waals surface area contributed by atoms with Gasteiger partial charge in [0.15, 0.2) is 0 Å². The fourth-order valence-corrected chi connectivity index (χ4v) is 7.37. The third-order valence-corrected chi connectivity index (χ3v) is 9.55. The molecular weight excluding hydrogens is 498 g/mol.